The minimum absolute atomic E-state index is 0.00968. The fourth-order valence-electron chi connectivity index (χ4n) is 1.61. The van der Waals surface area contributed by atoms with Crippen molar-refractivity contribution < 1.29 is 19.0 Å². The molecular formula is C13H18FNO3. The van der Waals surface area contributed by atoms with Crippen molar-refractivity contribution in [2.75, 3.05) is 13.7 Å². The van der Waals surface area contributed by atoms with Crippen LogP contribution in [0.15, 0.2) is 18.2 Å². The highest BCUT2D eigenvalue weighted by molar-refractivity contribution is 5.94. The minimum atomic E-state index is -0.569. The van der Waals surface area contributed by atoms with E-state index >= 15 is 0 Å². The number of benzene rings is 1. The molecule has 0 aliphatic heterocycles. The first-order chi connectivity index (χ1) is 8.62. The van der Waals surface area contributed by atoms with Gasteiger partial charge in [-0.2, -0.15) is 0 Å². The zero-order valence-corrected chi connectivity index (χ0v) is 10.6. The number of amides is 1. The van der Waals surface area contributed by atoms with Gasteiger partial charge in [0.1, 0.15) is 0 Å². The summed E-state index contributed by atoms with van der Waals surface area (Å²) < 4.78 is 18.2. The van der Waals surface area contributed by atoms with E-state index in [1.807, 2.05) is 6.92 Å². The molecule has 4 nitrogen and oxygen atoms in total. The largest absolute Gasteiger partial charge is 0.494 e. The summed E-state index contributed by atoms with van der Waals surface area (Å²) in [5.41, 5.74) is 0.240. The number of hydrogen-bond donors (Lipinski definition) is 2. The lowest BCUT2D eigenvalue weighted by molar-refractivity contribution is 0.0928. The van der Waals surface area contributed by atoms with E-state index in [1.54, 1.807) is 0 Å². The summed E-state index contributed by atoms with van der Waals surface area (Å²) in [4.78, 5) is 11.8. The molecular weight excluding hydrogens is 237 g/mol. The van der Waals surface area contributed by atoms with E-state index in [4.69, 9.17) is 9.84 Å². The van der Waals surface area contributed by atoms with Gasteiger partial charge in [-0.3, -0.25) is 4.79 Å². The molecule has 0 aromatic heterocycles. The van der Waals surface area contributed by atoms with Crippen molar-refractivity contribution in [2.24, 2.45) is 0 Å². The van der Waals surface area contributed by atoms with Gasteiger partial charge in [0, 0.05) is 18.2 Å². The number of methoxy groups -OCH3 is 1. The summed E-state index contributed by atoms with van der Waals surface area (Å²) in [6, 6.07) is 3.95. The van der Waals surface area contributed by atoms with Crippen LogP contribution in [0, 0.1) is 5.82 Å². The second-order valence-corrected chi connectivity index (χ2v) is 3.94. The maximum absolute atomic E-state index is 13.4. The van der Waals surface area contributed by atoms with Crippen molar-refractivity contribution in [1.82, 2.24) is 5.32 Å². The van der Waals surface area contributed by atoms with Crippen molar-refractivity contribution in [3.05, 3.63) is 29.6 Å². The Bertz CT molecular complexity index is 409. The van der Waals surface area contributed by atoms with Crippen molar-refractivity contribution in [3.8, 4) is 5.75 Å². The van der Waals surface area contributed by atoms with Crippen LogP contribution >= 0.6 is 0 Å². The summed E-state index contributed by atoms with van der Waals surface area (Å²) in [5, 5.41) is 11.6. The van der Waals surface area contributed by atoms with Gasteiger partial charge in [0.15, 0.2) is 11.6 Å². The Hall–Kier alpha value is -1.62. The fraction of sp³-hybridized carbons (Fsp3) is 0.462. The molecule has 1 atom stereocenters. The monoisotopic (exact) mass is 255 g/mol. The summed E-state index contributed by atoms with van der Waals surface area (Å²) in [5.74, 6) is -0.814. The molecule has 0 radical (unpaired) electrons. The van der Waals surface area contributed by atoms with Crippen molar-refractivity contribution >= 4 is 5.91 Å². The number of aliphatic hydroxyl groups excluding tert-OH is 1. The van der Waals surface area contributed by atoms with Gasteiger partial charge in [0.2, 0.25) is 0 Å². The summed E-state index contributed by atoms with van der Waals surface area (Å²) in [7, 11) is 1.37. The van der Waals surface area contributed by atoms with Crippen LogP contribution in [-0.4, -0.2) is 30.8 Å². The van der Waals surface area contributed by atoms with Gasteiger partial charge in [-0.1, -0.05) is 6.92 Å². The van der Waals surface area contributed by atoms with Crippen LogP contribution < -0.4 is 10.1 Å². The van der Waals surface area contributed by atoms with Crippen LogP contribution in [0.1, 0.15) is 30.1 Å². The van der Waals surface area contributed by atoms with E-state index in [0.29, 0.717) is 12.8 Å². The Balaban J connectivity index is 2.74. The predicted molar refractivity (Wildman–Crippen MR) is 66.2 cm³/mol. The molecule has 0 heterocycles. The maximum Gasteiger partial charge on any atom is 0.251 e. The lowest BCUT2D eigenvalue weighted by Crippen LogP contribution is -2.35. The third-order valence-corrected chi connectivity index (χ3v) is 2.72. The minimum Gasteiger partial charge on any atom is -0.494 e. The highest BCUT2D eigenvalue weighted by Crippen LogP contribution is 2.17. The number of aliphatic hydroxyl groups is 1. The molecule has 18 heavy (non-hydrogen) atoms. The molecule has 1 amide bonds. The SMILES string of the molecule is CCC(CCO)NC(=O)c1ccc(OC)c(F)c1. The molecule has 0 aliphatic rings. The van der Waals surface area contributed by atoms with Crippen LogP contribution in [-0.2, 0) is 0 Å². The molecule has 0 aliphatic carbocycles. The predicted octanol–water partition coefficient (Wildman–Crippen LogP) is 1.73. The fourth-order valence-corrected chi connectivity index (χ4v) is 1.61. The molecule has 5 heteroatoms. The normalized spacial score (nSPS) is 12.0. The molecule has 0 fully saturated rings. The maximum atomic E-state index is 13.4. The van der Waals surface area contributed by atoms with Gasteiger partial charge >= 0.3 is 0 Å². The average Bonchev–Trinajstić information content (AvgIpc) is 2.37. The topological polar surface area (TPSA) is 58.6 Å². The number of rotatable bonds is 6. The van der Waals surface area contributed by atoms with Gasteiger partial charge in [0.05, 0.1) is 7.11 Å². The van der Waals surface area contributed by atoms with Crippen molar-refractivity contribution in [1.29, 1.82) is 0 Å². The van der Waals surface area contributed by atoms with E-state index in [-0.39, 0.29) is 29.9 Å². The molecule has 0 spiro atoms. The lowest BCUT2D eigenvalue weighted by Gasteiger charge is -2.15. The number of carbonyl (C=O) groups excluding carboxylic acids is 1. The molecule has 1 aromatic rings. The van der Waals surface area contributed by atoms with Gasteiger partial charge < -0.3 is 15.2 Å². The summed E-state index contributed by atoms with van der Waals surface area (Å²) in [6.07, 6.45) is 1.20. The van der Waals surface area contributed by atoms with Gasteiger partial charge in [0.25, 0.3) is 5.91 Å². The first kappa shape index (κ1) is 14.4. The van der Waals surface area contributed by atoms with E-state index in [1.165, 1.54) is 19.2 Å². The first-order valence-electron chi connectivity index (χ1n) is 5.87. The molecule has 100 valence electrons. The Morgan fingerprint density at radius 3 is 2.78 bits per heavy atom. The first-order valence-corrected chi connectivity index (χ1v) is 5.87. The highest BCUT2D eigenvalue weighted by atomic mass is 19.1. The molecule has 0 saturated carbocycles. The molecule has 1 aromatic carbocycles. The van der Waals surface area contributed by atoms with E-state index < -0.39 is 5.82 Å². The molecule has 2 N–H and O–H groups in total. The Morgan fingerprint density at radius 1 is 1.56 bits per heavy atom. The quantitative estimate of drug-likeness (QED) is 0.813. The lowest BCUT2D eigenvalue weighted by atomic mass is 10.1. The van der Waals surface area contributed by atoms with Gasteiger partial charge in [-0.05, 0) is 31.0 Å². The molecule has 0 saturated heterocycles. The zero-order chi connectivity index (χ0) is 13.5. The van der Waals surface area contributed by atoms with Crippen LogP contribution in [0.3, 0.4) is 0 Å². The summed E-state index contributed by atoms with van der Waals surface area (Å²) in [6.45, 7) is 1.92. The number of nitrogens with one attached hydrogen (secondary N) is 1. The summed E-state index contributed by atoms with van der Waals surface area (Å²) >= 11 is 0. The van der Waals surface area contributed by atoms with E-state index in [9.17, 15) is 9.18 Å². The zero-order valence-electron chi connectivity index (χ0n) is 10.6. The smallest absolute Gasteiger partial charge is 0.251 e. The van der Waals surface area contributed by atoms with Crippen LogP contribution in [0.5, 0.6) is 5.75 Å². The molecule has 1 rings (SSSR count). The van der Waals surface area contributed by atoms with E-state index in [2.05, 4.69) is 5.32 Å². The number of halogens is 1. The van der Waals surface area contributed by atoms with Gasteiger partial charge in [-0.15, -0.1) is 0 Å². The van der Waals surface area contributed by atoms with Crippen LogP contribution in [0.4, 0.5) is 4.39 Å². The van der Waals surface area contributed by atoms with E-state index in [0.717, 1.165) is 6.07 Å². The number of ether oxygens (including phenoxy) is 1. The van der Waals surface area contributed by atoms with Crippen LogP contribution in [0.25, 0.3) is 0 Å². The Morgan fingerprint density at radius 2 is 2.28 bits per heavy atom. The van der Waals surface area contributed by atoms with Crippen LogP contribution in [0.2, 0.25) is 0 Å². The second-order valence-electron chi connectivity index (χ2n) is 3.94. The van der Waals surface area contributed by atoms with Crippen molar-refractivity contribution in [3.63, 3.8) is 0 Å². The third kappa shape index (κ3) is 3.70. The molecule has 1 unspecified atom stereocenters. The Labute approximate surface area is 106 Å². The van der Waals surface area contributed by atoms with Crippen molar-refractivity contribution in [2.45, 2.75) is 25.8 Å². The molecule has 0 bridgehead atoms. The standard InChI is InChI=1S/C13H18FNO3/c1-3-10(6-7-16)15-13(17)9-4-5-12(18-2)11(14)8-9/h4-5,8,10,16H,3,6-7H2,1-2H3,(H,15,17). The Kier molecular flexibility index (Phi) is 5.58. The third-order valence-electron chi connectivity index (χ3n) is 2.72. The number of carbonyl (C=O) groups is 1. The number of hydrogen-bond acceptors (Lipinski definition) is 3. The second kappa shape index (κ2) is 6.96. The average molecular weight is 255 g/mol. The highest BCUT2D eigenvalue weighted by Gasteiger charge is 2.13. The van der Waals surface area contributed by atoms with Gasteiger partial charge in [-0.25, -0.2) is 4.39 Å².